The summed E-state index contributed by atoms with van der Waals surface area (Å²) in [5, 5.41) is 0. The maximum absolute atomic E-state index is 12.6. The molecule has 1 rings (SSSR count). The van der Waals surface area contributed by atoms with Crippen molar-refractivity contribution in [2.24, 2.45) is 0 Å². The quantitative estimate of drug-likeness (QED) is 0.603. The summed E-state index contributed by atoms with van der Waals surface area (Å²) in [7, 11) is 0. The van der Waals surface area contributed by atoms with Crippen LogP contribution in [0.15, 0.2) is 36.3 Å². The van der Waals surface area contributed by atoms with Crippen LogP contribution in [0, 0.1) is 0 Å². The van der Waals surface area contributed by atoms with Gasteiger partial charge in [0.2, 0.25) is 0 Å². The Hall–Kier alpha value is -1.20. The van der Waals surface area contributed by atoms with Crippen molar-refractivity contribution < 1.29 is 17.3 Å². The zero-order chi connectivity index (χ0) is 9.68. The summed E-state index contributed by atoms with van der Waals surface area (Å²) < 4.78 is 34.7. The normalized spacial score (nSPS) is 13.8. The lowest BCUT2D eigenvalue weighted by Gasteiger charge is -1.95. The summed E-state index contributed by atoms with van der Waals surface area (Å²) in [6.45, 7) is 0. The van der Waals surface area contributed by atoms with Gasteiger partial charge in [-0.05, 0) is 5.56 Å². The van der Waals surface area contributed by atoms with Crippen molar-refractivity contribution in [1.29, 1.82) is 0 Å². The monoisotopic (exact) mass is 202 g/mol. The van der Waals surface area contributed by atoms with Crippen molar-refractivity contribution in [3.8, 4) is 0 Å². The standard InChI is InChI=1S/C8H7FO3S/c9-8(12-13(10)11)6-7-4-2-1-3-5-7/h1-6H,(H,10,11). The maximum Gasteiger partial charge on any atom is 0.359 e. The molecule has 0 bridgehead atoms. The molecular weight excluding hydrogens is 195 g/mol. The van der Waals surface area contributed by atoms with E-state index < -0.39 is 17.4 Å². The highest BCUT2D eigenvalue weighted by Crippen LogP contribution is 2.09. The summed E-state index contributed by atoms with van der Waals surface area (Å²) in [5.74, 6) is 0. The molecule has 1 aromatic carbocycles. The van der Waals surface area contributed by atoms with Gasteiger partial charge in [-0.2, -0.15) is 8.60 Å². The Balaban J connectivity index is 2.71. The molecule has 0 saturated heterocycles. The molecule has 0 aliphatic rings. The predicted octanol–water partition coefficient (Wildman–Crippen LogP) is 2.11. The van der Waals surface area contributed by atoms with Gasteiger partial charge < -0.3 is 4.18 Å². The summed E-state index contributed by atoms with van der Waals surface area (Å²) in [4.78, 5) is 0. The highest BCUT2D eigenvalue weighted by atomic mass is 32.2. The van der Waals surface area contributed by atoms with E-state index in [9.17, 15) is 8.60 Å². The third kappa shape index (κ3) is 3.82. The molecule has 0 aromatic heterocycles. The van der Waals surface area contributed by atoms with E-state index in [-0.39, 0.29) is 0 Å². The Morgan fingerprint density at radius 1 is 1.46 bits per heavy atom. The topological polar surface area (TPSA) is 46.5 Å². The number of rotatable bonds is 3. The fourth-order valence-electron chi connectivity index (χ4n) is 0.772. The van der Waals surface area contributed by atoms with Crippen LogP contribution in [-0.4, -0.2) is 8.76 Å². The third-order valence-corrected chi connectivity index (χ3v) is 1.53. The second kappa shape index (κ2) is 4.74. The molecule has 0 saturated carbocycles. The largest absolute Gasteiger partial charge is 0.359 e. The molecule has 1 N–H and O–H groups in total. The van der Waals surface area contributed by atoms with Crippen molar-refractivity contribution in [3.05, 3.63) is 41.9 Å². The Kier molecular flexibility index (Phi) is 3.60. The Morgan fingerprint density at radius 3 is 2.62 bits per heavy atom. The fraction of sp³-hybridized carbons (Fsp3) is 0. The highest BCUT2D eigenvalue weighted by molar-refractivity contribution is 7.74. The van der Waals surface area contributed by atoms with E-state index in [1.807, 2.05) is 0 Å². The lowest BCUT2D eigenvalue weighted by atomic mass is 10.2. The maximum atomic E-state index is 12.6. The zero-order valence-electron chi connectivity index (χ0n) is 6.51. The second-order valence-electron chi connectivity index (χ2n) is 2.16. The molecule has 0 aliphatic heterocycles. The van der Waals surface area contributed by atoms with Crippen molar-refractivity contribution in [2.45, 2.75) is 0 Å². The van der Waals surface area contributed by atoms with Crippen LogP contribution in [0.25, 0.3) is 6.08 Å². The number of benzene rings is 1. The minimum Gasteiger partial charge on any atom is -0.350 e. The molecule has 0 heterocycles. The van der Waals surface area contributed by atoms with Gasteiger partial charge in [-0.1, -0.05) is 30.3 Å². The van der Waals surface area contributed by atoms with E-state index in [2.05, 4.69) is 4.18 Å². The molecule has 0 aliphatic carbocycles. The Bertz CT molecular complexity index is 323. The molecular formula is C8H7FO3S. The van der Waals surface area contributed by atoms with Crippen LogP contribution < -0.4 is 0 Å². The van der Waals surface area contributed by atoms with E-state index in [1.54, 1.807) is 30.3 Å². The summed E-state index contributed by atoms with van der Waals surface area (Å²) in [6.07, 6.45) is 1.02. The van der Waals surface area contributed by atoms with Crippen LogP contribution in [0.4, 0.5) is 4.39 Å². The molecule has 0 amide bonds. The van der Waals surface area contributed by atoms with Crippen LogP contribution in [-0.2, 0) is 15.5 Å². The Labute approximate surface area is 77.3 Å². The van der Waals surface area contributed by atoms with Gasteiger partial charge in [-0.15, -0.1) is 0 Å². The number of hydrogen-bond acceptors (Lipinski definition) is 2. The lowest BCUT2D eigenvalue weighted by Crippen LogP contribution is -1.90. The first-order valence-electron chi connectivity index (χ1n) is 3.40. The molecule has 1 atom stereocenters. The zero-order valence-corrected chi connectivity index (χ0v) is 7.33. The first-order valence-corrected chi connectivity index (χ1v) is 4.43. The van der Waals surface area contributed by atoms with Crippen molar-refractivity contribution in [1.82, 2.24) is 0 Å². The van der Waals surface area contributed by atoms with E-state index in [0.717, 1.165) is 6.08 Å². The molecule has 5 heteroatoms. The van der Waals surface area contributed by atoms with Gasteiger partial charge in [-0.25, -0.2) is 0 Å². The number of halogens is 1. The van der Waals surface area contributed by atoms with Gasteiger partial charge in [0, 0.05) is 6.08 Å². The predicted molar refractivity (Wildman–Crippen MR) is 47.4 cm³/mol. The molecule has 0 spiro atoms. The van der Waals surface area contributed by atoms with Crippen LogP contribution in [0.5, 0.6) is 0 Å². The average molecular weight is 202 g/mol. The molecule has 1 unspecified atom stereocenters. The molecule has 1 aromatic rings. The highest BCUT2D eigenvalue weighted by Gasteiger charge is 1.99. The number of hydrogen-bond donors (Lipinski definition) is 1. The molecule has 3 nitrogen and oxygen atoms in total. The van der Waals surface area contributed by atoms with Crippen LogP contribution in [0.2, 0.25) is 0 Å². The van der Waals surface area contributed by atoms with Gasteiger partial charge in [0.15, 0.2) is 0 Å². The Morgan fingerprint density at radius 2 is 2.08 bits per heavy atom. The summed E-state index contributed by atoms with van der Waals surface area (Å²) in [5.41, 5.74) is 0.561. The lowest BCUT2D eigenvalue weighted by molar-refractivity contribution is 0.301. The minimum atomic E-state index is -2.61. The molecule has 0 fully saturated rings. The SMILES string of the molecule is O=S(O)OC(F)=Cc1ccccc1. The van der Waals surface area contributed by atoms with Gasteiger partial charge in [-0.3, -0.25) is 4.55 Å². The third-order valence-electron chi connectivity index (χ3n) is 1.23. The van der Waals surface area contributed by atoms with Gasteiger partial charge in [0.1, 0.15) is 0 Å². The first kappa shape index (κ1) is 9.88. The van der Waals surface area contributed by atoms with Crippen molar-refractivity contribution in [2.75, 3.05) is 0 Å². The smallest absolute Gasteiger partial charge is 0.350 e. The molecule has 0 radical (unpaired) electrons. The van der Waals surface area contributed by atoms with Gasteiger partial charge in [0.05, 0.1) is 0 Å². The average Bonchev–Trinajstić information content (AvgIpc) is 2.04. The molecule has 70 valence electrons. The van der Waals surface area contributed by atoms with Gasteiger partial charge in [0.25, 0.3) is 6.01 Å². The van der Waals surface area contributed by atoms with Crippen LogP contribution in [0.1, 0.15) is 5.56 Å². The van der Waals surface area contributed by atoms with E-state index in [0.29, 0.717) is 5.56 Å². The van der Waals surface area contributed by atoms with Crippen molar-refractivity contribution >= 4 is 17.4 Å². The molecule has 13 heavy (non-hydrogen) atoms. The van der Waals surface area contributed by atoms with Gasteiger partial charge >= 0.3 is 11.4 Å². The van der Waals surface area contributed by atoms with E-state index >= 15 is 0 Å². The fourth-order valence-corrected chi connectivity index (χ4v) is 0.957. The van der Waals surface area contributed by atoms with E-state index in [1.165, 1.54) is 0 Å². The van der Waals surface area contributed by atoms with Crippen LogP contribution in [0.3, 0.4) is 0 Å². The van der Waals surface area contributed by atoms with Crippen LogP contribution >= 0.6 is 0 Å². The summed E-state index contributed by atoms with van der Waals surface area (Å²) in [6, 6.07) is 7.41. The second-order valence-corrected chi connectivity index (χ2v) is 2.76. The minimum absolute atomic E-state index is 0.561. The first-order chi connectivity index (χ1) is 6.18. The summed E-state index contributed by atoms with van der Waals surface area (Å²) >= 11 is -2.61. The van der Waals surface area contributed by atoms with Crippen molar-refractivity contribution in [3.63, 3.8) is 0 Å². The van der Waals surface area contributed by atoms with E-state index in [4.69, 9.17) is 4.55 Å².